The van der Waals surface area contributed by atoms with Gasteiger partial charge in [-0.2, -0.15) is 0 Å². The second-order valence-electron chi connectivity index (χ2n) is 12.1. The lowest BCUT2D eigenvalue weighted by Crippen LogP contribution is -2.66. The lowest BCUT2D eigenvalue weighted by atomic mass is 10.1. The van der Waals surface area contributed by atoms with Crippen molar-refractivity contribution in [3.63, 3.8) is 0 Å². The summed E-state index contributed by atoms with van der Waals surface area (Å²) in [6, 6.07) is 30.8. The fourth-order valence-electron chi connectivity index (χ4n) is 5.85. The third kappa shape index (κ3) is 6.31. The molecule has 0 unspecified atom stereocenters. The third-order valence-corrected chi connectivity index (χ3v) is 12.7. The Morgan fingerprint density at radius 3 is 2.00 bits per heavy atom. The molecule has 7 heteroatoms. The Hall–Kier alpha value is -2.91. The summed E-state index contributed by atoms with van der Waals surface area (Å²) in [5, 5.41) is 2.23. The molecule has 2 aliphatic rings. The molecule has 3 aromatic carbocycles. The van der Waals surface area contributed by atoms with E-state index in [0.717, 1.165) is 5.56 Å². The van der Waals surface area contributed by atoms with Crippen molar-refractivity contribution in [2.75, 3.05) is 6.61 Å². The molecule has 2 saturated heterocycles. The average Bonchev–Trinajstić information content (AvgIpc) is 3.44. The average molecular weight is 573 g/mol. The first-order valence-corrected chi connectivity index (χ1v) is 16.1. The molecule has 2 fully saturated rings. The van der Waals surface area contributed by atoms with Crippen LogP contribution in [0.5, 0.6) is 0 Å². The molecule has 0 N–H and O–H groups in total. The number of carbonyl (C=O) groups excluding carboxylic acids is 1. The van der Waals surface area contributed by atoms with Crippen molar-refractivity contribution in [1.29, 1.82) is 0 Å². The molecule has 5 rings (SSSR count). The summed E-state index contributed by atoms with van der Waals surface area (Å²) in [6.07, 6.45) is 0.739. The molecular formula is C34H40O6Si. The Bertz CT molecular complexity index is 1280. The minimum absolute atomic E-state index is 0.155. The van der Waals surface area contributed by atoms with E-state index in [1.165, 1.54) is 10.4 Å². The van der Waals surface area contributed by atoms with Gasteiger partial charge in [0.25, 0.3) is 8.32 Å². The molecule has 2 heterocycles. The number of fused-ring (bicyclic) bond motifs is 1. The highest BCUT2D eigenvalue weighted by atomic mass is 28.4. The molecule has 6 nitrogen and oxygen atoms in total. The molecule has 0 aromatic heterocycles. The summed E-state index contributed by atoms with van der Waals surface area (Å²) in [6.45, 7) is 11.0. The second-order valence-corrected chi connectivity index (χ2v) is 16.4. The van der Waals surface area contributed by atoms with Gasteiger partial charge in [-0.05, 0) is 40.9 Å². The summed E-state index contributed by atoms with van der Waals surface area (Å²) in [4.78, 5) is 13.5. The van der Waals surface area contributed by atoms with Crippen LogP contribution in [0.2, 0.25) is 5.04 Å². The zero-order chi connectivity index (χ0) is 29.1. The number of ether oxygens (including phenoxy) is 4. The molecule has 2 aliphatic heterocycles. The quantitative estimate of drug-likeness (QED) is 0.247. The van der Waals surface area contributed by atoms with E-state index in [2.05, 4.69) is 69.3 Å². The summed E-state index contributed by atoms with van der Waals surface area (Å²) in [7, 11) is -2.71. The lowest BCUT2D eigenvalue weighted by Gasteiger charge is -2.42. The van der Waals surface area contributed by atoms with Crippen molar-refractivity contribution in [2.24, 2.45) is 0 Å². The highest BCUT2D eigenvalue weighted by molar-refractivity contribution is 6.99. The van der Waals surface area contributed by atoms with E-state index in [9.17, 15) is 4.79 Å². The number of carbonyl (C=O) groups is 1. The van der Waals surface area contributed by atoms with E-state index in [4.69, 9.17) is 23.4 Å². The predicted molar refractivity (Wildman–Crippen MR) is 161 cm³/mol. The van der Waals surface area contributed by atoms with Crippen LogP contribution in [0.4, 0.5) is 0 Å². The molecule has 0 saturated carbocycles. The van der Waals surface area contributed by atoms with Gasteiger partial charge in [0, 0.05) is 0 Å². The number of rotatable bonds is 10. The monoisotopic (exact) mass is 572 g/mol. The summed E-state index contributed by atoms with van der Waals surface area (Å²) >= 11 is 0. The first-order chi connectivity index (χ1) is 19.6. The van der Waals surface area contributed by atoms with Crippen molar-refractivity contribution < 1.29 is 28.2 Å². The van der Waals surface area contributed by atoms with E-state index in [-0.39, 0.29) is 17.4 Å². The molecule has 41 heavy (non-hydrogen) atoms. The van der Waals surface area contributed by atoms with Crippen molar-refractivity contribution in [3.8, 4) is 0 Å². The second kappa shape index (κ2) is 12.1. The molecule has 0 spiro atoms. The maximum absolute atomic E-state index is 13.5. The van der Waals surface area contributed by atoms with Crippen LogP contribution < -0.4 is 10.4 Å². The van der Waals surface area contributed by atoms with E-state index in [1.54, 1.807) is 12.2 Å². The maximum atomic E-state index is 13.5. The van der Waals surface area contributed by atoms with Crippen LogP contribution in [0.1, 0.15) is 40.2 Å². The van der Waals surface area contributed by atoms with Crippen LogP contribution in [0.3, 0.4) is 0 Å². The van der Waals surface area contributed by atoms with Gasteiger partial charge in [-0.1, -0.05) is 118 Å². The van der Waals surface area contributed by atoms with Gasteiger partial charge in [-0.3, -0.25) is 4.79 Å². The third-order valence-electron chi connectivity index (χ3n) is 7.65. The number of hydrogen-bond donors (Lipinski definition) is 0. The van der Waals surface area contributed by atoms with E-state index in [0.29, 0.717) is 6.61 Å². The Morgan fingerprint density at radius 1 is 0.878 bits per heavy atom. The molecule has 0 amide bonds. The topological polar surface area (TPSA) is 63.2 Å². The molecule has 0 radical (unpaired) electrons. The van der Waals surface area contributed by atoms with Crippen LogP contribution in [-0.2, 0) is 34.8 Å². The van der Waals surface area contributed by atoms with Gasteiger partial charge in [0.2, 0.25) is 0 Å². The van der Waals surface area contributed by atoms with Crippen molar-refractivity contribution in [3.05, 3.63) is 109 Å². The van der Waals surface area contributed by atoms with Gasteiger partial charge in [0.1, 0.15) is 12.2 Å². The minimum atomic E-state index is -2.71. The van der Waals surface area contributed by atoms with E-state index < -0.39 is 38.7 Å². The minimum Gasteiger partial charge on any atom is -0.404 e. The van der Waals surface area contributed by atoms with E-state index in [1.807, 2.05) is 56.3 Å². The van der Waals surface area contributed by atoms with Crippen molar-refractivity contribution in [1.82, 2.24) is 0 Å². The molecular weight excluding hydrogens is 532 g/mol. The maximum Gasteiger partial charge on any atom is 0.261 e. The van der Waals surface area contributed by atoms with Crippen LogP contribution >= 0.6 is 0 Å². The van der Waals surface area contributed by atoms with Crippen LogP contribution in [0, 0.1) is 0 Å². The van der Waals surface area contributed by atoms with Gasteiger partial charge < -0.3 is 23.4 Å². The van der Waals surface area contributed by atoms with Crippen LogP contribution in [0.25, 0.3) is 0 Å². The van der Waals surface area contributed by atoms with Gasteiger partial charge in [-0.15, -0.1) is 0 Å². The Labute approximate surface area is 244 Å². The van der Waals surface area contributed by atoms with Gasteiger partial charge >= 0.3 is 0 Å². The molecule has 4 atom stereocenters. The number of ketones is 1. The standard InChI is InChI=1S/C34H40O6Si/c1-33(2,3)41(26-18-11-7-12-19-26,27-20-13-8-14-21-27)37-23-15-22-28(35)29-30(36-24-25-16-9-6-10-17-25)31-32(38-29)40-34(4,5)39-31/h6-22,29-32H,23-24H2,1-5H3/b22-15+/t29-,30+,31-,32-/m1/s1. The number of benzene rings is 3. The Kier molecular flexibility index (Phi) is 8.75. The molecule has 3 aromatic rings. The van der Waals surface area contributed by atoms with Gasteiger partial charge in [-0.25, -0.2) is 0 Å². The summed E-state index contributed by atoms with van der Waals surface area (Å²) in [5.74, 6) is -1.01. The number of hydrogen-bond acceptors (Lipinski definition) is 6. The largest absolute Gasteiger partial charge is 0.404 e. The Morgan fingerprint density at radius 2 is 1.44 bits per heavy atom. The first-order valence-electron chi connectivity index (χ1n) is 14.2. The SMILES string of the molecule is CC1(C)O[C@H]2O[C@H](C(=O)/C=C/CO[Si](c3ccccc3)(c3ccccc3)C(C)(C)C)[C@H](OCc3ccccc3)[C@H]2O1. The summed E-state index contributed by atoms with van der Waals surface area (Å²) in [5.41, 5.74) is 1.01. The predicted octanol–water partition coefficient (Wildman–Crippen LogP) is 5.15. The van der Waals surface area contributed by atoms with Gasteiger partial charge in [0.15, 0.2) is 24.0 Å². The zero-order valence-corrected chi connectivity index (χ0v) is 25.5. The normalized spacial score (nSPS) is 24.0. The molecule has 0 bridgehead atoms. The first kappa shape index (κ1) is 29.6. The highest BCUT2D eigenvalue weighted by Gasteiger charge is 2.57. The van der Waals surface area contributed by atoms with E-state index >= 15 is 0 Å². The van der Waals surface area contributed by atoms with Crippen molar-refractivity contribution >= 4 is 24.5 Å². The lowest BCUT2D eigenvalue weighted by molar-refractivity contribution is -0.217. The molecule has 0 aliphatic carbocycles. The fraction of sp³-hybridized carbons (Fsp3) is 0.382. The zero-order valence-electron chi connectivity index (χ0n) is 24.5. The Balaban J connectivity index is 1.33. The van der Waals surface area contributed by atoms with Gasteiger partial charge in [0.05, 0.1) is 13.2 Å². The van der Waals surface area contributed by atoms with Crippen molar-refractivity contribution in [2.45, 2.75) is 76.7 Å². The molecule has 216 valence electrons. The highest BCUT2D eigenvalue weighted by Crippen LogP contribution is 2.40. The van der Waals surface area contributed by atoms with Crippen LogP contribution in [0.15, 0.2) is 103 Å². The summed E-state index contributed by atoms with van der Waals surface area (Å²) < 4.78 is 31.2. The smallest absolute Gasteiger partial charge is 0.261 e. The fourth-order valence-corrected chi connectivity index (χ4v) is 10.4. The van der Waals surface area contributed by atoms with Crippen LogP contribution in [-0.4, -0.2) is 51.1 Å².